The molecule has 2 atom stereocenters. The molecule has 1 nitrogen and oxygen atoms in total. The summed E-state index contributed by atoms with van der Waals surface area (Å²) in [6.45, 7) is 5.64. The van der Waals surface area contributed by atoms with E-state index in [2.05, 4.69) is 55.6 Å². The molecule has 1 aliphatic carbocycles. The number of hydrogen-bond acceptors (Lipinski definition) is 1. The van der Waals surface area contributed by atoms with Crippen LogP contribution >= 0.6 is 0 Å². The van der Waals surface area contributed by atoms with Gasteiger partial charge in [0.05, 0.1) is 0 Å². The maximum Gasteiger partial charge on any atom is 0.0340 e. The number of nitrogens with one attached hydrogen (secondary N) is 1. The van der Waals surface area contributed by atoms with Crippen molar-refractivity contribution < 1.29 is 0 Å². The predicted octanol–water partition coefficient (Wildman–Crippen LogP) is 4.97. The van der Waals surface area contributed by atoms with E-state index in [0.717, 1.165) is 12.5 Å². The lowest BCUT2D eigenvalue weighted by molar-refractivity contribution is 0.504. The van der Waals surface area contributed by atoms with Gasteiger partial charge in [-0.05, 0) is 55.2 Å². The van der Waals surface area contributed by atoms with E-state index in [9.17, 15) is 0 Å². The van der Waals surface area contributed by atoms with Crippen LogP contribution in [0.1, 0.15) is 51.0 Å². The number of anilines is 1. The zero-order chi connectivity index (χ0) is 12.8. The Bertz CT molecular complexity index is 377. The minimum absolute atomic E-state index is 0.669. The van der Waals surface area contributed by atoms with Gasteiger partial charge in [0.2, 0.25) is 0 Å². The van der Waals surface area contributed by atoms with Crippen molar-refractivity contribution in [1.29, 1.82) is 0 Å². The van der Waals surface area contributed by atoms with Crippen LogP contribution < -0.4 is 5.32 Å². The molecule has 0 bridgehead atoms. The van der Waals surface area contributed by atoms with E-state index in [-0.39, 0.29) is 0 Å². The summed E-state index contributed by atoms with van der Waals surface area (Å²) in [4.78, 5) is 0. The van der Waals surface area contributed by atoms with E-state index in [4.69, 9.17) is 0 Å². The van der Waals surface area contributed by atoms with Gasteiger partial charge in [-0.25, -0.2) is 0 Å². The highest BCUT2D eigenvalue weighted by atomic mass is 14.9. The molecular weight excluding hydrogens is 218 g/mol. The average Bonchev–Trinajstić information content (AvgIpc) is 2.46. The SMILES string of the molecule is CCC(C)c1ccc(NCC2CC=CCC2)cc1. The van der Waals surface area contributed by atoms with Gasteiger partial charge in [-0.1, -0.05) is 38.1 Å². The summed E-state index contributed by atoms with van der Waals surface area (Å²) in [7, 11) is 0. The van der Waals surface area contributed by atoms with E-state index in [1.165, 1.54) is 36.9 Å². The molecule has 18 heavy (non-hydrogen) atoms. The van der Waals surface area contributed by atoms with Crippen molar-refractivity contribution in [3.05, 3.63) is 42.0 Å². The van der Waals surface area contributed by atoms with E-state index in [1.54, 1.807) is 0 Å². The van der Waals surface area contributed by atoms with Crippen molar-refractivity contribution in [3.63, 3.8) is 0 Å². The van der Waals surface area contributed by atoms with Gasteiger partial charge in [0.1, 0.15) is 0 Å². The van der Waals surface area contributed by atoms with Crippen LogP contribution in [0.4, 0.5) is 5.69 Å². The van der Waals surface area contributed by atoms with Gasteiger partial charge >= 0.3 is 0 Å². The molecule has 0 spiro atoms. The summed E-state index contributed by atoms with van der Waals surface area (Å²) in [6.07, 6.45) is 9.65. The van der Waals surface area contributed by atoms with Crippen molar-refractivity contribution in [3.8, 4) is 0 Å². The quantitative estimate of drug-likeness (QED) is 0.720. The van der Waals surface area contributed by atoms with Crippen LogP contribution in [-0.2, 0) is 0 Å². The normalized spacial score (nSPS) is 20.7. The van der Waals surface area contributed by atoms with Crippen molar-refractivity contribution in [2.45, 2.75) is 45.4 Å². The summed E-state index contributed by atoms with van der Waals surface area (Å²) >= 11 is 0. The van der Waals surface area contributed by atoms with Crippen LogP contribution in [0.3, 0.4) is 0 Å². The lowest BCUT2D eigenvalue weighted by Crippen LogP contribution is -2.15. The Morgan fingerprint density at radius 3 is 2.61 bits per heavy atom. The minimum atomic E-state index is 0.669. The summed E-state index contributed by atoms with van der Waals surface area (Å²) in [5, 5.41) is 3.56. The molecule has 0 fully saturated rings. The van der Waals surface area contributed by atoms with Crippen molar-refractivity contribution in [2.75, 3.05) is 11.9 Å². The van der Waals surface area contributed by atoms with Crippen LogP contribution in [0.15, 0.2) is 36.4 Å². The minimum Gasteiger partial charge on any atom is -0.385 e. The second-order valence-corrected chi connectivity index (χ2v) is 5.46. The molecule has 0 heterocycles. The molecule has 1 heteroatoms. The Kier molecular flexibility index (Phi) is 4.86. The van der Waals surface area contributed by atoms with Crippen molar-refractivity contribution >= 4 is 5.69 Å². The molecule has 0 aliphatic heterocycles. The molecule has 0 amide bonds. The Morgan fingerprint density at radius 2 is 2.00 bits per heavy atom. The second-order valence-electron chi connectivity index (χ2n) is 5.46. The molecule has 0 aromatic heterocycles. The fourth-order valence-electron chi connectivity index (χ4n) is 2.47. The van der Waals surface area contributed by atoms with E-state index >= 15 is 0 Å². The van der Waals surface area contributed by atoms with Crippen LogP contribution in [0, 0.1) is 5.92 Å². The number of allylic oxidation sites excluding steroid dienone is 2. The maximum absolute atomic E-state index is 3.56. The van der Waals surface area contributed by atoms with E-state index in [1.807, 2.05) is 0 Å². The Balaban J connectivity index is 1.84. The molecule has 1 aromatic carbocycles. The number of rotatable bonds is 5. The molecule has 0 radical (unpaired) electrons. The summed E-state index contributed by atoms with van der Waals surface area (Å²) in [5.41, 5.74) is 2.71. The molecule has 1 N–H and O–H groups in total. The molecule has 0 saturated carbocycles. The maximum atomic E-state index is 3.56. The van der Waals surface area contributed by atoms with Gasteiger partial charge in [0, 0.05) is 12.2 Å². The van der Waals surface area contributed by atoms with Gasteiger partial charge in [-0.3, -0.25) is 0 Å². The highest BCUT2D eigenvalue weighted by Gasteiger charge is 2.09. The monoisotopic (exact) mass is 243 g/mol. The fraction of sp³-hybridized carbons (Fsp3) is 0.529. The zero-order valence-electron chi connectivity index (χ0n) is 11.7. The molecule has 1 aliphatic rings. The third kappa shape index (κ3) is 3.63. The van der Waals surface area contributed by atoms with E-state index in [0.29, 0.717) is 5.92 Å². The zero-order valence-corrected chi connectivity index (χ0v) is 11.7. The first kappa shape index (κ1) is 13.2. The first-order valence-electron chi connectivity index (χ1n) is 7.28. The highest BCUT2D eigenvalue weighted by molar-refractivity contribution is 5.45. The fourth-order valence-corrected chi connectivity index (χ4v) is 2.47. The first-order chi connectivity index (χ1) is 8.79. The molecule has 2 rings (SSSR count). The van der Waals surface area contributed by atoms with Crippen molar-refractivity contribution in [2.24, 2.45) is 5.92 Å². The van der Waals surface area contributed by atoms with Gasteiger partial charge in [-0.15, -0.1) is 0 Å². The summed E-state index contributed by atoms with van der Waals surface area (Å²) < 4.78 is 0. The van der Waals surface area contributed by atoms with Gasteiger partial charge < -0.3 is 5.32 Å². The van der Waals surface area contributed by atoms with Crippen LogP contribution in [0.2, 0.25) is 0 Å². The van der Waals surface area contributed by atoms with Gasteiger partial charge in [0.15, 0.2) is 0 Å². The third-order valence-corrected chi connectivity index (χ3v) is 4.06. The number of benzene rings is 1. The van der Waals surface area contributed by atoms with Crippen LogP contribution in [0.5, 0.6) is 0 Å². The third-order valence-electron chi connectivity index (χ3n) is 4.06. The lowest BCUT2D eigenvalue weighted by Gasteiger charge is -2.19. The molecule has 98 valence electrons. The summed E-state index contributed by atoms with van der Waals surface area (Å²) in [6, 6.07) is 8.97. The second kappa shape index (κ2) is 6.63. The van der Waals surface area contributed by atoms with Crippen LogP contribution in [0.25, 0.3) is 0 Å². The van der Waals surface area contributed by atoms with Gasteiger partial charge in [0.25, 0.3) is 0 Å². The topological polar surface area (TPSA) is 12.0 Å². The Hall–Kier alpha value is -1.24. The number of hydrogen-bond donors (Lipinski definition) is 1. The smallest absolute Gasteiger partial charge is 0.0340 e. The van der Waals surface area contributed by atoms with E-state index < -0.39 is 0 Å². The van der Waals surface area contributed by atoms with Crippen LogP contribution in [-0.4, -0.2) is 6.54 Å². The predicted molar refractivity (Wildman–Crippen MR) is 80.1 cm³/mol. The van der Waals surface area contributed by atoms with Gasteiger partial charge in [-0.2, -0.15) is 0 Å². The Morgan fingerprint density at radius 1 is 1.22 bits per heavy atom. The molecular formula is C17H25N. The standard InChI is InChI=1S/C17H25N/c1-3-14(2)16-9-11-17(12-10-16)18-13-15-7-5-4-6-8-15/h4-5,9-12,14-15,18H,3,6-8,13H2,1-2H3. The average molecular weight is 243 g/mol. The Labute approximate surface area is 111 Å². The lowest BCUT2D eigenvalue weighted by atomic mass is 9.94. The molecule has 1 aromatic rings. The molecule has 0 saturated heterocycles. The highest BCUT2D eigenvalue weighted by Crippen LogP contribution is 2.22. The largest absolute Gasteiger partial charge is 0.385 e. The summed E-state index contributed by atoms with van der Waals surface area (Å²) in [5.74, 6) is 1.48. The molecule has 2 unspecified atom stereocenters. The first-order valence-corrected chi connectivity index (χ1v) is 7.28. The van der Waals surface area contributed by atoms with Crippen molar-refractivity contribution in [1.82, 2.24) is 0 Å².